The van der Waals surface area contributed by atoms with Gasteiger partial charge < -0.3 is 5.11 Å². The van der Waals surface area contributed by atoms with Gasteiger partial charge in [0, 0.05) is 23.2 Å². The minimum Gasteiger partial charge on any atom is -0.388 e. The van der Waals surface area contributed by atoms with E-state index in [0.717, 1.165) is 31.4 Å². The molecule has 0 saturated heterocycles. The number of aryl methyl sites for hydroxylation is 2. The first kappa shape index (κ1) is 12.3. The average Bonchev–Trinajstić information content (AvgIpc) is 2.99. The van der Waals surface area contributed by atoms with E-state index >= 15 is 0 Å². The van der Waals surface area contributed by atoms with Gasteiger partial charge in [-0.25, -0.2) is 0 Å². The molecule has 17 heavy (non-hydrogen) atoms. The fraction of sp³-hybridized carbons (Fsp3) is 0.462. The monoisotopic (exact) mass is 250 g/mol. The molecule has 0 aliphatic carbocycles. The first-order valence-corrected chi connectivity index (χ1v) is 6.90. The summed E-state index contributed by atoms with van der Waals surface area (Å²) >= 11 is 1.78. The fourth-order valence-corrected chi connectivity index (χ4v) is 2.57. The molecule has 0 saturated carbocycles. The maximum Gasteiger partial charge on any atom is 0.0820 e. The van der Waals surface area contributed by atoms with E-state index in [1.807, 2.05) is 17.8 Å². The van der Waals surface area contributed by atoms with Crippen LogP contribution in [0.1, 0.15) is 36.3 Å². The third-order valence-corrected chi connectivity index (χ3v) is 3.78. The predicted molar refractivity (Wildman–Crippen MR) is 70.1 cm³/mol. The van der Waals surface area contributed by atoms with Gasteiger partial charge in [0.15, 0.2) is 0 Å². The summed E-state index contributed by atoms with van der Waals surface area (Å²) in [5.74, 6) is 0. The van der Waals surface area contributed by atoms with Gasteiger partial charge in [-0.3, -0.25) is 4.68 Å². The molecular weight excluding hydrogens is 232 g/mol. The summed E-state index contributed by atoms with van der Waals surface area (Å²) in [5, 5.41) is 16.3. The number of hydrogen-bond donors (Lipinski definition) is 1. The van der Waals surface area contributed by atoms with Crippen molar-refractivity contribution in [1.29, 1.82) is 0 Å². The Labute approximate surface area is 106 Å². The maximum absolute atomic E-state index is 10.0. The lowest BCUT2D eigenvalue weighted by molar-refractivity contribution is 0.164. The Morgan fingerprint density at radius 2 is 2.41 bits per heavy atom. The minimum atomic E-state index is -0.379. The first-order chi connectivity index (χ1) is 8.29. The second-order valence-electron chi connectivity index (χ2n) is 4.12. The zero-order chi connectivity index (χ0) is 12.1. The summed E-state index contributed by atoms with van der Waals surface area (Å²) in [7, 11) is 0. The lowest BCUT2D eigenvalue weighted by Gasteiger charge is -2.07. The molecule has 92 valence electrons. The molecule has 0 spiro atoms. The van der Waals surface area contributed by atoms with Gasteiger partial charge in [-0.2, -0.15) is 5.10 Å². The van der Waals surface area contributed by atoms with Gasteiger partial charge >= 0.3 is 0 Å². The van der Waals surface area contributed by atoms with Crippen molar-refractivity contribution in [3.05, 3.63) is 40.3 Å². The van der Waals surface area contributed by atoms with Gasteiger partial charge in [-0.05, 0) is 37.6 Å². The van der Waals surface area contributed by atoms with Crippen molar-refractivity contribution in [3.8, 4) is 0 Å². The number of aliphatic hydroxyl groups excluding tert-OH is 1. The summed E-state index contributed by atoms with van der Waals surface area (Å²) in [4.78, 5) is 1.39. The SMILES string of the molecule is CCn1cc(C(O)CCCc2cccs2)cn1. The largest absolute Gasteiger partial charge is 0.388 e. The number of hydrogen-bond acceptors (Lipinski definition) is 3. The smallest absolute Gasteiger partial charge is 0.0820 e. The summed E-state index contributed by atoms with van der Waals surface area (Å²) in [6.45, 7) is 2.89. The number of aromatic nitrogens is 2. The van der Waals surface area contributed by atoms with Crippen LogP contribution in [0, 0.1) is 0 Å². The molecule has 2 aromatic rings. The van der Waals surface area contributed by atoms with Gasteiger partial charge in [0.25, 0.3) is 0 Å². The van der Waals surface area contributed by atoms with E-state index in [1.165, 1.54) is 4.88 Å². The zero-order valence-electron chi connectivity index (χ0n) is 10.0. The Morgan fingerprint density at radius 1 is 1.53 bits per heavy atom. The van der Waals surface area contributed by atoms with Gasteiger partial charge in [0.2, 0.25) is 0 Å². The molecule has 0 aromatic carbocycles. The van der Waals surface area contributed by atoms with Crippen molar-refractivity contribution >= 4 is 11.3 Å². The molecule has 2 heterocycles. The molecule has 0 aliphatic heterocycles. The molecule has 0 bridgehead atoms. The fourth-order valence-electron chi connectivity index (χ4n) is 1.82. The summed E-state index contributed by atoms with van der Waals surface area (Å²) in [5.41, 5.74) is 0.929. The van der Waals surface area contributed by atoms with Crippen molar-refractivity contribution in [2.45, 2.75) is 38.8 Å². The van der Waals surface area contributed by atoms with E-state index in [1.54, 1.807) is 17.5 Å². The standard InChI is InChI=1S/C13H18N2OS/c1-2-15-10-11(9-14-15)13(16)7-3-5-12-6-4-8-17-12/h4,6,8-10,13,16H,2-3,5,7H2,1H3. The van der Waals surface area contributed by atoms with Gasteiger partial charge in [-0.1, -0.05) is 6.07 Å². The Morgan fingerprint density at radius 3 is 3.06 bits per heavy atom. The maximum atomic E-state index is 10.0. The summed E-state index contributed by atoms with van der Waals surface area (Å²) in [6.07, 6.45) is 6.17. The highest BCUT2D eigenvalue weighted by molar-refractivity contribution is 7.09. The molecule has 4 heteroatoms. The number of rotatable bonds is 6. The van der Waals surface area contributed by atoms with Crippen LogP contribution >= 0.6 is 11.3 Å². The van der Waals surface area contributed by atoms with Crippen LogP contribution in [0.3, 0.4) is 0 Å². The Kier molecular flexibility index (Phi) is 4.34. The highest BCUT2D eigenvalue weighted by atomic mass is 32.1. The van der Waals surface area contributed by atoms with E-state index < -0.39 is 0 Å². The van der Waals surface area contributed by atoms with Crippen LogP contribution in [0.2, 0.25) is 0 Å². The van der Waals surface area contributed by atoms with Crippen LogP contribution in [-0.2, 0) is 13.0 Å². The second-order valence-corrected chi connectivity index (χ2v) is 5.15. The highest BCUT2D eigenvalue weighted by Crippen LogP contribution is 2.20. The van der Waals surface area contributed by atoms with Gasteiger partial charge in [0.1, 0.15) is 0 Å². The molecule has 1 atom stereocenters. The van der Waals surface area contributed by atoms with Crippen molar-refractivity contribution < 1.29 is 5.11 Å². The minimum absolute atomic E-state index is 0.379. The molecule has 0 amide bonds. The molecule has 0 aliphatic rings. The third kappa shape index (κ3) is 3.41. The summed E-state index contributed by atoms with van der Waals surface area (Å²) in [6, 6.07) is 4.22. The first-order valence-electron chi connectivity index (χ1n) is 6.02. The predicted octanol–water partition coefficient (Wildman–Crippen LogP) is 3.02. The zero-order valence-corrected chi connectivity index (χ0v) is 10.9. The van der Waals surface area contributed by atoms with Crippen LogP contribution in [0.25, 0.3) is 0 Å². The van der Waals surface area contributed by atoms with Crippen molar-refractivity contribution in [2.75, 3.05) is 0 Å². The third-order valence-electron chi connectivity index (χ3n) is 2.84. The molecular formula is C13H18N2OS. The molecule has 0 fully saturated rings. The van der Waals surface area contributed by atoms with Crippen LogP contribution in [0.5, 0.6) is 0 Å². The Hall–Kier alpha value is -1.13. The number of nitrogens with zero attached hydrogens (tertiary/aromatic N) is 2. The van der Waals surface area contributed by atoms with Crippen LogP contribution < -0.4 is 0 Å². The second kappa shape index (κ2) is 5.98. The average molecular weight is 250 g/mol. The number of thiophene rings is 1. The van der Waals surface area contributed by atoms with E-state index in [0.29, 0.717) is 0 Å². The van der Waals surface area contributed by atoms with Gasteiger partial charge in [-0.15, -0.1) is 11.3 Å². The van der Waals surface area contributed by atoms with Gasteiger partial charge in [0.05, 0.1) is 12.3 Å². The van der Waals surface area contributed by atoms with Crippen LogP contribution in [0.4, 0.5) is 0 Å². The van der Waals surface area contributed by atoms with Crippen molar-refractivity contribution in [1.82, 2.24) is 9.78 Å². The highest BCUT2D eigenvalue weighted by Gasteiger charge is 2.09. The molecule has 3 nitrogen and oxygen atoms in total. The van der Waals surface area contributed by atoms with E-state index in [4.69, 9.17) is 0 Å². The van der Waals surface area contributed by atoms with Crippen LogP contribution in [0.15, 0.2) is 29.9 Å². The lowest BCUT2D eigenvalue weighted by Crippen LogP contribution is -1.97. The van der Waals surface area contributed by atoms with Crippen molar-refractivity contribution in [2.24, 2.45) is 0 Å². The summed E-state index contributed by atoms with van der Waals surface area (Å²) < 4.78 is 1.85. The van der Waals surface area contributed by atoms with E-state index in [-0.39, 0.29) is 6.10 Å². The Balaban J connectivity index is 1.78. The van der Waals surface area contributed by atoms with Crippen LogP contribution in [-0.4, -0.2) is 14.9 Å². The topological polar surface area (TPSA) is 38.0 Å². The molecule has 1 unspecified atom stereocenters. The quantitative estimate of drug-likeness (QED) is 0.855. The molecule has 0 radical (unpaired) electrons. The van der Waals surface area contributed by atoms with E-state index in [2.05, 4.69) is 22.6 Å². The lowest BCUT2D eigenvalue weighted by atomic mass is 10.1. The Bertz CT molecular complexity index is 436. The molecule has 2 aromatic heterocycles. The number of aliphatic hydroxyl groups is 1. The molecule has 2 rings (SSSR count). The van der Waals surface area contributed by atoms with Crippen molar-refractivity contribution in [3.63, 3.8) is 0 Å². The van der Waals surface area contributed by atoms with E-state index in [9.17, 15) is 5.11 Å². The molecule has 1 N–H and O–H groups in total. The normalized spacial score (nSPS) is 12.8.